The number of amides is 1. The lowest BCUT2D eigenvalue weighted by molar-refractivity contribution is -0.121. The Labute approximate surface area is 146 Å². The molecule has 134 valence electrons. The first-order valence-corrected chi connectivity index (χ1v) is 8.61. The van der Waals surface area contributed by atoms with Gasteiger partial charge < -0.3 is 16.0 Å². The third-order valence-electron chi connectivity index (χ3n) is 3.46. The number of hydrogen-bond donors (Lipinski definition) is 3. The van der Waals surface area contributed by atoms with Crippen LogP contribution in [-0.4, -0.2) is 37.0 Å². The van der Waals surface area contributed by atoms with Crippen molar-refractivity contribution in [1.29, 1.82) is 0 Å². The van der Waals surface area contributed by atoms with Crippen LogP contribution in [0.4, 0.5) is 0 Å². The predicted molar refractivity (Wildman–Crippen MR) is 101 cm³/mol. The van der Waals surface area contributed by atoms with Gasteiger partial charge in [-0.05, 0) is 46.1 Å². The molecule has 3 N–H and O–H groups in total. The highest BCUT2D eigenvalue weighted by molar-refractivity contribution is 5.85. The highest BCUT2D eigenvalue weighted by atomic mass is 16.2. The van der Waals surface area contributed by atoms with Gasteiger partial charge in [0.05, 0.1) is 0 Å². The average molecular weight is 332 g/mol. The SMILES string of the molecule is CCNC(=NCC(=O)NC(C)(C)C)NCC(C)c1ccc(C)cc1. The molecule has 0 bridgehead atoms. The smallest absolute Gasteiger partial charge is 0.242 e. The standard InChI is InChI=1S/C19H32N4O/c1-7-20-18(22-13-17(24)23-19(4,5)6)21-12-15(3)16-10-8-14(2)9-11-16/h8-11,15H,7,12-13H2,1-6H3,(H,23,24)(H2,20,21,22). The lowest BCUT2D eigenvalue weighted by Crippen LogP contribution is -2.43. The van der Waals surface area contributed by atoms with Gasteiger partial charge in [-0.25, -0.2) is 4.99 Å². The van der Waals surface area contributed by atoms with Crippen molar-refractivity contribution in [1.82, 2.24) is 16.0 Å². The lowest BCUT2D eigenvalue weighted by atomic mass is 10.0. The van der Waals surface area contributed by atoms with Crippen molar-refractivity contribution < 1.29 is 4.79 Å². The molecule has 0 aliphatic carbocycles. The van der Waals surface area contributed by atoms with E-state index in [1.165, 1.54) is 11.1 Å². The Hall–Kier alpha value is -2.04. The van der Waals surface area contributed by atoms with Crippen molar-refractivity contribution in [3.63, 3.8) is 0 Å². The Morgan fingerprint density at radius 2 is 1.79 bits per heavy atom. The van der Waals surface area contributed by atoms with Gasteiger partial charge in [0.25, 0.3) is 0 Å². The molecule has 1 amide bonds. The summed E-state index contributed by atoms with van der Waals surface area (Å²) < 4.78 is 0. The zero-order valence-corrected chi connectivity index (χ0v) is 15.9. The van der Waals surface area contributed by atoms with E-state index >= 15 is 0 Å². The summed E-state index contributed by atoms with van der Waals surface area (Å²) in [7, 11) is 0. The van der Waals surface area contributed by atoms with E-state index in [1.54, 1.807) is 0 Å². The third-order valence-corrected chi connectivity index (χ3v) is 3.46. The van der Waals surface area contributed by atoms with E-state index in [-0.39, 0.29) is 18.0 Å². The molecule has 0 saturated carbocycles. The van der Waals surface area contributed by atoms with Gasteiger partial charge in [0.1, 0.15) is 6.54 Å². The fourth-order valence-electron chi connectivity index (χ4n) is 2.21. The zero-order valence-electron chi connectivity index (χ0n) is 15.9. The van der Waals surface area contributed by atoms with Crippen LogP contribution in [0, 0.1) is 6.92 Å². The van der Waals surface area contributed by atoms with Crippen LogP contribution < -0.4 is 16.0 Å². The Morgan fingerprint density at radius 3 is 2.33 bits per heavy atom. The molecule has 0 heterocycles. The summed E-state index contributed by atoms with van der Waals surface area (Å²) in [6.07, 6.45) is 0. The summed E-state index contributed by atoms with van der Waals surface area (Å²) in [6.45, 7) is 13.8. The molecule has 0 aromatic heterocycles. The molecule has 5 nitrogen and oxygen atoms in total. The van der Waals surface area contributed by atoms with Gasteiger partial charge in [-0.15, -0.1) is 0 Å². The number of aliphatic imine (C=N–C) groups is 1. The van der Waals surface area contributed by atoms with Gasteiger partial charge in [0.2, 0.25) is 5.91 Å². The van der Waals surface area contributed by atoms with Crippen LogP contribution in [0.3, 0.4) is 0 Å². The molecule has 0 fully saturated rings. The molecule has 1 atom stereocenters. The molecule has 5 heteroatoms. The average Bonchev–Trinajstić information content (AvgIpc) is 2.48. The number of nitrogens with one attached hydrogen (secondary N) is 3. The number of aryl methyl sites for hydroxylation is 1. The minimum absolute atomic E-state index is 0.0775. The first-order chi connectivity index (χ1) is 11.2. The molecule has 1 aromatic rings. The molecule has 1 unspecified atom stereocenters. The van der Waals surface area contributed by atoms with Crippen LogP contribution in [0.25, 0.3) is 0 Å². The fraction of sp³-hybridized carbons (Fsp3) is 0.579. The van der Waals surface area contributed by atoms with Crippen molar-refractivity contribution in [3.05, 3.63) is 35.4 Å². The molecule has 0 saturated heterocycles. The lowest BCUT2D eigenvalue weighted by Gasteiger charge is -2.20. The van der Waals surface area contributed by atoms with Crippen LogP contribution in [0.2, 0.25) is 0 Å². The van der Waals surface area contributed by atoms with Crippen LogP contribution in [-0.2, 0) is 4.79 Å². The summed E-state index contributed by atoms with van der Waals surface area (Å²) >= 11 is 0. The molecule has 24 heavy (non-hydrogen) atoms. The Balaban J connectivity index is 2.57. The quantitative estimate of drug-likeness (QED) is 0.554. The van der Waals surface area contributed by atoms with Gasteiger partial charge in [0.15, 0.2) is 5.96 Å². The van der Waals surface area contributed by atoms with Gasteiger partial charge in [-0.1, -0.05) is 36.8 Å². The highest BCUT2D eigenvalue weighted by Gasteiger charge is 2.13. The number of guanidine groups is 1. The van der Waals surface area contributed by atoms with Crippen LogP contribution in [0.15, 0.2) is 29.3 Å². The number of rotatable bonds is 6. The highest BCUT2D eigenvalue weighted by Crippen LogP contribution is 2.14. The van der Waals surface area contributed by atoms with Crippen molar-refractivity contribution in [2.45, 2.75) is 53.0 Å². The molecule has 0 spiro atoms. The van der Waals surface area contributed by atoms with Gasteiger partial charge in [0, 0.05) is 18.6 Å². The van der Waals surface area contributed by atoms with E-state index < -0.39 is 0 Å². The molecule has 0 aliphatic heterocycles. The summed E-state index contributed by atoms with van der Waals surface area (Å²) in [5.41, 5.74) is 2.31. The molecule has 0 radical (unpaired) electrons. The van der Waals surface area contributed by atoms with E-state index in [4.69, 9.17) is 0 Å². The van der Waals surface area contributed by atoms with Crippen LogP contribution in [0.1, 0.15) is 51.7 Å². The minimum Gasteiger partial charge on any atom is -0.357 e. The predicted octanol–water partition coefficient (Wildman–Crippen LogP) is 2.57. The largest absolute Gasteiger partial charge is 0.357 e. The van der Waals surface area contributed by atoms with Crippen molar-refractivity contribution >= 4 is 11.9 Å². The topological polar surface area (TPSA) is 65.5 Å². The first-order valence-electron chi connectivity index (χ1n) is 8.61. The number of nitrogens with zero attached hydrogens (tertiary/aromatic N) is 1. The van der Waals surface area contributed by atoms with Gasteiger partial charge >= 0.3 is 0 Å². The van der Waals surface area contributed by atoms with E-state index in [2.05, 4.69) is 59.1 Å². The molecule has 0 aliphatic rings. The first kappa shape index (κ1) is 20.0. The minimum atomic E-state index is -0.238. The van der Waals surface area contributed by atoms with Crippen molar-refractivity contribution in [2.75, 3.05) is 19.6 Å². The summed E-state index contributed by atoms with van der Waals surface area (Å²) in [4.78, 5) is 16.2. The summed E-state index contributed by atoms with van der Waals surface area (Å²) in [6, 6.07) is 8.56. The fourth-order valence-corrected chi connectivity index (χ4v) is 2.21. The van der Waals surface area contributed by atoms with E-state index in [0.29, 0.717) is 11.9 Å². The zero-order chi connectivity index (χ0) is 18.2. The van der Waals surface area contributed by atoms with Crippen molar-refractivity contribution in [3.8, 4) is 0 Å². The second kappa shape index (κ2) is 9.30. The summed E-state index contributed by atoms with van der Waals surface area (Å²) in [5.74, 6) is 0.949. The van der Waals surface area contributed by atoms with Gasteiger partial charge in [-0.3, -0.25) is 4.79 Å². The maximum atomic E-state index is 11.9. The number of carbonyl (C=O) groups is 1. The van der Waals surface area contributed by atoms with Crippen LogP contribution >= 0.6 is 0 Å². The number of hydrogen-bond acceptors (Lipinski definition) is 2. The van der Waals surface area contributed by atoms with E-state index in [9.17, 15) is 4.79 Å². The molecule has 1 rings (SSSR count). The molecular formula is C19H32N4O. The Kier molecular flexibility index (Phi) is 7.75. The molecule has 1 aromatic carbocycles. The number of carbonyl (C=O) groups excluding carboxylic acids is 1. The van der Waals surface area contributed by atoms with Gasteiger partial charge in [-0.2, -0.15) is 0 Å². The summed E-state index contributed by atoms with van der Waals surface area (Å²) in [5, 5.41) is 9.40. The third kappa shape index (κ3) is 7.99. The Morgan fingerprint density at radius 1 is 1.17 bits per heavy atom. The monoisotopic (exact) mass is 332 g/mol. The molecular weight excluding hydrogens is 300 g/mol. The van der Waals surface area contributed by atoms with Crippen molar-refractivity contribution in [2.24, 2.45) is 4.99 Å². The maximum Gasteiger partial charge on any atom is 0.242 e. The maximum absolute atomic E-state index is 11.9. The number of benzene rings is 1. The van der Waals surface area contributed by atoms with E-state index in [1.807, 2.05) is 27.7 Å². The second-order valence-corrected chi connectivity index (χ2v) is 7.19. The normalized spacial score (nSPS) is 13.3. The second-order valence-electron chi connectivity index (χ2n) is 7.19. The van der Waals surface area contributed by atoms with Crippen LogP contribution in [0.5, 0.6) is 0 Å². The van der Waals surface area contributed by atoms with E-state index in [0.717, 1.165) is 13.1 Å². The Bertz CT molecular complexity index is 543.